The number of non-ortho nitro benzene ring substituents is 1. The summed E-state index contributed by atoms with van der Waals surface area (Å²) >= 11 is 0.843. The Hall–Kier alpha value is -2.95. The first-order chi connectivity index (χ1) is 10.9. The van der Waals surface area contributed by atoms with Crippen molar-refractivity contribution >= 4 is 29.1 Å². The third-order valence-electron chi connectivity index (χ3n) is 2.64. The van der Waals surface area contributed by atoms with Gasteiger partial charge in [-0.2, -0.15) is 0 Å². The Labute approximate surface area is 133 Å². The Balaban J connectivity index is 2.37. The summed E-state index contributed by atoms with van der Waals surface area (Å²) in [5.41, 5.74) is -0.778. The molecule has 1 heterocycles. The number of nitro benzene ring substituents is 2. The number of hydrogen-bond acceptors (Lipinski definition) is 8. The lowest BCUT2D eigenvalue weighted by Gasteiger charge is -2.03. The van der Waals surface area contributed by atoms with Crippen molar-refractivity contribution in [1.82, 2.24) is 9.97 Å². The molecule has 10 nitrogen and oxygen atoms in total. The van der Waals surface area contributed by atoms with Gasteiger partial charge in [0, 0.05) is 6.07 Å². The number of H-pyrrole nitrogens is 1. The lowest BCUT2D eigenvalue weighted by Crippen LogP contribution is -2.06. The van der Waals surface area contributed by atoms with E-state index < -0.39 is 27.2 Å². The van der Waals surface area contributed by atoms with Gasteiger partial charge < -0.3 is 9.72 Å². The highest BCUT2D eigenvalue weighted by molar-refractivity contribution is 7.99. The number of rotatable bonds is 6. The van der Waals surface area contributed by atoms with Gasteiger partial charge in [0.1, 0.15) is 5.03 Å². The third kappa shape index (κ3) is 3.63. The Bertz CT molecular complexity index is 775. The first kappa shape index (κ1) is 16.4. The Morgan fingerprint density at radius 2 is 2.09 bits per heavy atom. The van der Waals surface area contributed by atoms with Crippen molar-refractivity contribution in [3.8, 4) is 0 Å². The number of carbonyl (C=O) groups excluding carboxylic acids is 1. The first-order valence-electron chi connectivity index (χ1n) is 6.25. The molecule has 0 unspecified atom stereocenters. The Kier molecular flexibility index (Phi) is 4.91. The van der Waals surface area contributed by atoms with Crippen LogP contribution in [0.5, 0.6) is 0 Å². The summed E-state index contributed by atoms with van der Waals surface area (Å²) in [5, 5.41) is 22.0. The topological polar surface area (TPSA) is 141 Å². The number of carbonyl (C=O) groups is 1. The zero-order valence-electron chi connectivity index (χ0n) is 11.7. The summed E-state index contributed by atoms with van der Waals surface area (Å²) in [6.45, 7) is 1.81. The molecule has 0 aliphatic rings. The van der Waals surface area contributed by atoms with E-state index in [1.54, 1.807) is 6.92 Å². The minimum atomic E-state index is -0.730. The lowest BCUT2D eigenvalue weighted by molar-refractivity contribution is -0.396. The second kappa shape index (κ2) is 6.87. The predicted octanol–water partition coefficient (Wildman–Crippen LogP) is 2.55. The number of aromatic nitrogens is 2. The van der Waals surface area contributed by atoms with Crippen molar-refractivity contribution in [2.75, 3.05) is 6.61 Å². The number of nitrogens with zero attached hydrogens (tertiary/aromatic N) is 3. The molecule has 0 amide bonds. The normalized spacial score (nSPS) is 10.3. The zero-order chi connectivity index (χ0) is 17.0. The van der Waals surface area contributed by atoms with Crippen LogP contribution in [0.25, 0.3) is 0 Å². The van der Waals surface area contributed by atoms with Gasteiger partial charge in [-0.15, -0.1) is 0 Å². The van der Waals surface area contributed by atoms with Gasteiger partial charge in [0.25, 0.3) is 11.4 Å². The van der Waals surface area contributed by atoms with Crippen LogP contribution in [0.4, 0.5) is 11.4 Å². The number of benzene rings is 1. The highest BCUT2D eigenvalue weighted by Crippen LogP contribution is 2.37. The second-order valence-corrected chi connectivity index (χ2v) is 5.10. The van der Waals surface area contributed by atoms with E-state index in [1.807, 2.05) is 0 Å². The van der Waals surface area contributed by atoms with Gasteiger partial charge in [-0.3, -0.25) is 20.2 Å². The van der Waals surface area contributed by atoms with Crippen LogP contribution in [-0.4, -0.2) is 32.4 Å². The molecule has 0 atom stereocenters. The van der Waals surface area contributed by atoms with Crippen molar-refractivity contribution < 1.29 is 19.4 Å². The first-order valence-corrected chi connectivity index (χ1v) is 7.06. The van der Waals surface area contributed by atoms with Gasteiger partial charge in [-0.05, 0) is 13.0 Å². The molecular weight excluding hydrogens is 328 g/mol. The summed E-state index contributed by atoms with van der Waals surface area (Å²) in [6, 6.07) is 3.25. The van der Waals surface area contributed by atoms with Gasteiger partial charge in [0.2, 0.25) is 0 Å². The molecule has 0 saturated heterocycles. The molecule has 0 aliphatic heterocycles. The summed E-state index contributed by atoms with van der Waals surface area (Å²) in [6.07, 6.45) is 1.26. The van der Waals surface area contributed by atoms with Crippen LogP contribution in [0.15, 0.2) is 34.4 Å². The number of imidazole rings is 1. The molecule has 23 heavy (non-hydrogen) atoms. The largest absolute Gasteiger partial charge is 0.461 e. The zero-order valence-corrected chi connectivity index (χ0v) is 12.5. The van der Waals surface area contributed by atoms with Crippen LogP contribution in [0, 0.1) is 20.2 Å². The van der Waals surface area contributed by atoms with Crippen LogP contribution < -0.4 is 0 Å². The molecular formula is C12H10N4O6S. The van der Waals surface area contributed by atoms with Gasteiger partial charge in [0.05, 0.1) is 33.7 Å². The maximum Gasteiger partial charge on any atom is 0.357 e. The van der Waals surface area contributed by atoms with E-state index in [2.05, 4.69) is 9.97 Å². The summed E-state index contributed by atoms with van der Waals surface area (Å²) in [7, 11) is 0. The standard InChI is InChI=1S/C12H10N4O6S/c1-2-22-12(17)10-11(14-6-13-10)23-9-4-3-7(15(18)19)5-8(9)16(20)21/h3-6H,2H2,1H3,(H,13,14). The quantitative estimate of drug-likeness (QED) is 0.481. The average molecular weight is 338 g/mol. The second-order valence-electron chi connectivity index (χ2n) is 4.07. The molecule has 0 spiro atoms. The van der Waals surface area contributed by atoms with Gasteiger partial charge in [0.15, 0.2) is 5.69 Å². The van der Waals surface area contributed by atoms with E-state index in [-0.39, 0.29) is 22.2 Å². The van der Waals surface area contributed by atoms with Crippen molar-refractivity contribution in [3.05, 3.63) is 50.4 Å². The molecule has 2 rings (SSSR count). The Morgan fingerprint density at radius 1 is 1.35 bits per heavy atom. The van der Waals surface area contributed by atoms with Crippen molar-refractivity contribution in [2.45, 2.75) is 16.8 Å². The van der Waals surface area contributed by atoms with Gasteiger partial charge in [-0.25, -0.2) is 9.78 Å². The molecule has 11 heteroatoms. The average Bonchev–Trinajstić information content (AvgIpc) is 2.95. The molecule has 120 valence electrons. The minimum Gasteiger partial charge on any atom is -0.461 e. The Morgan fingerprint density at radius 3 is 2.70 bits per heavy atom. The SMILES string of the molecule is CCOC(=O)c1[nH]cnc1Sc1ccc([N+](=O)[O-])cc1[N+](=O)[O-]. The number of nitrogens with one attached hydrogen (secondary N) is 1. The van der Waals surface area contributed by atoms with E-state index >= 15 is 0 Å². The van der Waals surface area contributed by atoms with E-state index in [1.165, 1.54) is 12.4 Å². The molecule has 1 aromatic heterocycles. The molecule has 0 fully saturated rings. The van der Waals surface area contributed by atoms with Crippen molar-refractivity contribution in [3.63, 3.8) is 0 Å². The number of esters is 1. The minimum absolute atomic E-state index is 0.0597. The van der Waals surface area contributed by atoms with Crippen molar-refractivity contribution in [1.29, 1.82) is 0 Å². The molecule has 0 aliphatic carbocycles. The molecule has 1 aromatic carbocycles. The molecule has 0 radical (unpaired) electrons. The fourth-order valence-electron chi connectivity index (χ4n) is 1.66. The van der Waals surface area contributed by atoms with Crippen LogP contribution >= 0.6 is 11.8 Å². The van der Waals surface area contributed by atoms with Crippen LogP contribution in [-0.2, 0) is 4.74 Å². The van der Waals surface area contributed by atoms with Crippen molar-refractivity contribution in [2.24, 2.45) is 0 Å². The number of hydrogen-bond donors (Lipinski definition) is 1. The highest BCUT2D eigenvalue weighted by Gasteiger charge is 2.23. The predicted molar refractivity (Wildman–Crippen MR) is 78.4 cm³/mol. The van der Waals surface area contributed by atoms with Gasteiger partial charge in [-0.1, -0.05) is 11.8 Å². The van der Waals surface area contributed by atoms with Gasteiger partial charge >= 0.3 is 5.97 Å². The van der Waals surface area contributed by atoms with E-state index in [9.17, 15) is 25.0 Å². The van der Waals surface area contributed by atoms with Crippen LogP contribution in [0.3, 0.4) is 0 Å². The molecule has 2 aromatic rings. The lowest BCUT2D eigenvalue weighted by atomic mass is 10.3. The summed E-state index contributed by atoms with van der Waals surface area (Å²) in [4.78, 5) is 38.8. The molecule has 0 saturated carbocycles. The summed E-state index contributed by atoms with van der Waals surface area (Å²) in [5.74, 6) is -0.642. The number of aromatic amines is 1. The summed E-state index contributed by atoms with van der Waals surface area (Å²) < 4.78 is 4.85. The number of nitro groups is 2. The highest BCUT2D eigenvalue weighted by atomic mass is 32.2. The molecule has 1 N–H and O–H groups in total. The van der Waals surface area contributed by atoms with E-state index in [0.717, 1.165) is 23.9 Å². The molecule has 0 bridgehead atoms. The van der Waals surface area contributed by atoms with E-state index in [0.29, 0.717) is 0 Å². The van der Waals surface area contributed by atoms with Crippen LogP contribution in [0.1, 0.15) is 17.4 Å². The maximum atomic E-state index is 11.7. The van der Waals surface area contributed by atoms with E-state index in [4.69, 9.17) is 4.74 Å². The third-order valence-corrected chi connectivity index (χ3v) is 3.71. The monoisotopic (exact) mass is 338 g/mol. The fourth-order valence-corrected chi connectivity index (χ4v) is 2.59. The fraction of sp³-hybridized carbons (Fsp3) is 0.167. The van der Waals surface area contributed by atoms with Crippen LogP contribution in [0.2, 0.25) is 0 Å². The smallest absolute Gasteiger partial charge is 0.357 e. The number of ether oxygens (including phenoxy) is 1. The maximum absolute atomic E-state index is 11.7.